The summed E-state index contributed by atoms with van der Waals surface area (Å²) in [6, 6.07) is 0. The molecule has 1 aliphatic rings. The van der Waals surface area contributed by atoms with Crippen LogP contribution in [0.4, 0.5) is 13.2 Å². The molecule has 1 fully saturated rings. The average molecular weight is 262 g/mol. The highest BCUT2D eigenvalue weighted by atomic mass is 35.5. The molecular weight excluding hydrogens is 247 g/mol. The van der Waals surface area contributed by atoms with Crippen molar-refractivity contribution in [1.82, 2.24) is 5.32 Å². The van der Waals surface area contributed by atoms with Crippen LogP contribution in [0.1, 0.15) is 12.8 Å². The molecule has 1 heterocycles. The van der Waals surface area contributed by atoms with Gasteiger partial charge in [0, 0.05) is 31.2 Å². The fraction of sp³-hybridized carbons (Fsp3) is 1.00. The zero-order valence-electron chi connectivity index (χ0n) is 8.78. The Balaban J connectivity index is 2.23. The first-order valence-electron chi connectivity index (χ1n) is 5.07. The van der Waals surface area contributed by atoms with Crippen LogP contribution < -0.4 is 5.32 Å². The first kappa shape index (κ1) is 14.0. The Morgan fingerprint density at radius 3 is 2.44 bits per heavy atom. The molecule has 0 saturated carbocycles. The smallest absolute Gasteiger partial charge is 0.381 e. The van der Waals surface area contributed by atoms with E-state index in [1.165, 1.54) is 0 Å². The standard InChI is InChI=1S/C9H15ClF3NO2/c10-7-8(1-4-15-5-2-8)14-3-6-16-9(11,12)13/h14H,1-7H2. The molecule has 3 nitrogen and oxygen atoms in total. The highest BCUT2D eigenvalue weighted by Gasteiger charge is 2.32. The highest BCUT2D eigenvalue weighted by molar-refractivity contribution is 6.18. The molecule has 0 bridgehead atoms. The minimum absolute atomic E-state index is 0.131. The second kappa shape index (κ2) is 6.05. The van der Waals surface area contributed by atoms with Crippen LogP contribution >= 0.6 is 11.6 Å². The maximum absolute atomic E-state index is 11.7. The van der Waals surface area contributed by atoms with Crippen LogP contribution in [0.2, 0.25) is 0 Å². The van der Waals surface area contributed by atoms with Crippen LogP contribution in [0.15, 0.2) is 0 Å². The van der Waals surface area contributed by atoms with E-state index in [2.05, 4.69) is 10.1 Å². The fourth-order valence-electron chi connectivity index (χ4n) is 1.60. The van der Waals surface area contributed by atoms with E-state index in [1.54, 1.807) is 0 Å². The van der Waals surface area contributed by atoms with Crippen molar-refractivity contribution in [3.63, 3.8) is 0 Å². The first-order valence-corrected chi connectivity index (χ1v) is 5.60. The molecule has 0 aromatic heterocycles. The molecule has 0 radical (unpaired) electrons. The molecule has 1 aliphatic heterocycles. The average Bonchev–Trinajstić information content (AvgIpc) is 2.25. The lowest BCUT2D eigenvalue weighted by molar-refractivity contribution is -0.323. The molecule has 1 saturated heterocycles. The Morgan fingerprint density at radius 2 is 1.94 bits per heavy atom. The van der Waals surface area contributed by atoms with Gasteiger partial charge in [0.25, 0.3) is 0 Å². The van der Waals surface area contributed by atoms with Crippen LogP contribution in [0, 0.1) is 0 Å². The number of halogens is 4. The number of nitrogens with one attached hydrogen (secondary N) is 1. The molecule has 7 heteroatoms. The third-order valence-electron chi connectivity index (χ3n) is 2.57. The van der Waals surface area contributed by atoms with Gasteiger partial charge < -0.3 is 10.1 Å². The molecular formula is C9H15ClF3NO2. The topological polar surface area (TPSA) is 30.5 Å². The van der Waals surface area contributed by atoms with Crippen LogP contribution in [0.25, 0.3) is 0 Å². The zero-order chi connectivity index (χ0) is 12.1. The van der Waals surface area contributed by atoms with Gasteiger partial charge in [0.2, 0.25) is 0 Å². The normalized spacial score (nSPS) is 21.0. The van der Waals surface area contributed by atoms with Gasteiger partial charge in [-0.05, 0) is 12.8 Å². The lowest BCUT2D eigenvalue weighted by Crippen LogP contribution is -2.52. The molecule has 0 unspecified atom stereocenters. The van der Waals surface area contributed by atoms with Crippen LogP contribution in [0.3, 0.4) is 0 Å². The fourth-order valence-corrected chi connectivity index (χ4v) is 1.96. The molecule has 0 aliphatic carbocycles. The summed E-state index contributed by atoms with van der Waals surface area (Å²) in [4.78, 5) is 0. The molecule has 0 amide bonds. The Kier molecular flexibility index (Phi) is 5.30. The molecule has 16 heavy (non-hydrogen) atoms. The van der Waals surface area contributed by atoms with Gasteiger partial charge in [-0.3, -0.25) is 4.74 Å². The molecule has 0 spiro atoms. The lowest BCUT2D eigenvalue weighted by Gasteiger charge is -2.36. The quantitative estimate of drug-likeness (QED) is 0.606. The molecule has 0 atom stereocenters. The summed E-state index contributed by atoms with van der Waals surface area (Å²) in [5.74, 6) is 0.363. The number of ether oxygens (including phenoxy) is 2. The van der Waals surface area contributed by atoms with E-state index in [0.717, 1.165) is 0 Å². The number of rotatable bonds is 5. The summed E-state index contributed by atoms with van der Waals surface area (Å²) in [6.45, 7) is 0.898. The van der Waals surface area contributed by atoms with Crippen molar-refractivity contribution in [2.45, 2.75) is 24.7 Å². The van der Waals surface area contributed by atoms with Gasteiger partial charge in [-0.2, -0.15) is 0 Å². The third kappa shape index (κ3) is 4.86. The summed E-state index contributed by atoms with van der Waals surface area (Å²) < 4.78 is 44.0. The van der Waals surface area contributed by atoms with Crippen molar-refractivity contribution >= 4 is 11.6 Å². The minimum Gasteiger partial charge on any atom is -0.381 e. The second-order valence-electron chi connectivity index (χ2n) is 3.75. The van der Waals surface area contributed by atoms with Gasteiger partial charge in [-0.15, -0.1) is 24.8 Å². The summed E-state index contributed by atoms with van der Waals surface area (Å²) in [6.07, 6.45) is -3.14. The summed E-state index contributed by atoms with van der Waals surface area (Å²) in [5, 5.41) is 3.02. The predicted molar refractivity (Wildman–Crippen MR) is 53.5 cm³/mol. The molecule has 0 aromatic rings. The zero-order valence-corrected chi connectivity index (χ0v) is 9.53. The van der Waals surface area contributed by atoms with Crippen molar-refractivity contribution < 1.29 is 22.6 Å². The van der Waals surface area contributed by atoms with E-state index in [1.807, 2.05) is 0 Å². The van der Waals surface area contributed by atoms with Gasteiger partial charge in [-0.25, -0.2) is 0 Å². The summed E-state index contributed by atoms with van der Waals surface area (Å²) >= 11 is 5.82. The van der Waals surface area contributed by atoms with Gasteiger partial charge in [0.15, 0.2) is 0 Å². The first-order chi connectivity index (χ1) is 7.47. The van der Waals surface area contributed by atoms with Crippen LogP contribution in [-0.2, 0) is 9.47 Å². The van der Waals surface area contributed by atoms with Crippen LogP contribution in [-0.4, -0.2) is 44.1 Å². The number of alkyl halides is 4. The van der Waals surface area contributed by atoms with Gasteiger partial charge in [-0.1, -0.05) is 0 Å². The van der Waals surface area contributed by atoms with E-state index in [4.69, 9.17) is 16.3 Å². The maximum atomic E-state index is 11.7. The van der Waals surface area contributed by atoms with Crippen molar-refractivity contribution in [2.75, 3.05) is 32.2 Å². The van der Waals surface area contributed by atoms with E-state index >= 15 is 0 Å². The van der Waals surface area contributed by atoms with E-state index in [0.29, 0.717) is 31.9 Å². The number of hydrogen-bond donors (Lipinski definition) is 1. The van der Waals surface area contributed by atoms with Crippen molar-refractivity contribution in [1.29, 1.82) is 0 Å². The largest absolute Gasteiger partial charge is 0.522 e. The molecule has 1 N–H and O–H groups in total. The Morgan fingerprint density at radius 1 is 1.31 bits per heavy atom. The summed E-state index contributed by atoms with van der Waals surface area (Å²) in [7, 11) is 0. The monoisotopic (exact) mass is 261 g/mol. The second-order valence-corrected chi connectivity index (χ2v) is 4.01. The lowest BCUT2D eigenvalue weighted by atomic mass is 9.92. The van der Waals surface area contributed by atoms with E-state index in [-0.39, 0.29) is 12.1 Å². The Hall–Kier alpha value is -0.0400. The van der Waals surface area contributed by atoms with Gasteiger partial charge in [0.05, 0.1) is 6.61 Å². The third-order valence-corrected chi connectivity index (χ3v) is 3.09. The van der Waals surface area contributed by atoms with E-state index < -0.39 is 13.0 Å². The Bertz CT molecular complexity index is 207. The van der Waals surface area contributed by atoms with Crippen molar-refractivity contribution in [2.24, 2.45) is 0 Å². The van der Waals surface area contributed by atoms with Gasteiger partial charge >= 0.3 is 6.36 Å². The maximum Gasteiger partial charge on any atom is 0.522 e. The van der Waals surface area contributed by atoms with Crippen molar-refractivity contribution in [3.05, 3.63) is 0 Å². The predicted octanol–water partition coefficient (Wildman–Crippen LogP) is 1.90. The van der Waals surface area contributed by atoms with Crippen LogP contribution in [0.5, 0.6) is 0 Å². The highest BCUT2D eigenvalue weighted by Crippen LogP contribution is 2.22. The molecule has 1 rings (SSSR count). The summed E-state index contributed by atoms with van der Waals surface area (Å²) in [5.41, 5.74) is -0.311. The SMILES string of the molecule is FC(F)(F)OCCNC1(CCl)CCOCC1. The molecule has 0 aromatic carbocycles. The van der Waals surface area contributed by atoms with Gasteiger partial charge in [0.1, 0.15) is 0 Å². The number of hydrogen-bond acceptors (Lipinski definition) is 3. The Labute approximate surface area is 97.2 Å². The van der Waals surface area contributed by atoms with Crippen molar-refractivity contribution in [3.8, 4) is 0 Å². The minimum atomic E-state index is -4.56. The molecule has 96 valence electrons. The van der Waals surface area contributed by atoms with E-state index in [9.17, 15) is 13.2 Å².